The van der Waals surface area contributed by atoms with Crippen LogP contribution in [0.4, 0.5) is 0 Å². The van der Waals surface area contributed by atoms with Crippen LogP contribution in [0.1, 0.15) is 310 Å². The predicted octanol–water partition coefficient (Wildman–Crippen LogP) is 18.7. The van der Waals surface area contributed by atoms with E-state index in [4.69, 9.17) is 14.2 Å². The first-order valence-electron chi connectivity index (χ1n) is 28.3. The fourth-order valence-electron chi connectivity index (χ4n) is 8.37. The van der Waals surface area contributed by atoms with E-state index in [1.165, 1.54) is 205 Å². The topological polar surface area (TPSA) is 78.9 Å². The second-order valence-corrected chi connectivity index (χ2v) is 19.2. The summed E-state index contributed by atoms with van der Waals surface area (Å²) in [7, 11) is 0. The third-order valence-electron chi connectivity index (χ3n) is 12.7. The van der Waals surface area contributed by atoms with Crippen LogP contribution in [0.5, 0.6) is 0 Å². The zero-order valence-corrected chi connectivity index (χ0v) is 43.1. The first-order chi connectivity index (χ1) is 31.5. The molecule has 0 N–H and O–H groups in total. The Kier molecular flexibility index (Phi) is 51.7. The zero-order valence-electron chi connectivity index (χ0n) is 43.1. The number of carbonyl (C=O) groups is 3. The predicted molar refractivity (Wildman–Crippen MR) is 275 cm³/mol. The summed E-state index contributed by atoms with van der Waals surface area (Å²) < 4.78 is 16.9. The highest BCUT2D eigenvalue weighted by Gasteiger charge is 2.19. The molecule has 0 bridgehead atoms. The highest BCUT2D eigenvalue weighted by atomic mass is 16.6. The molecule has 0 amide bonds. The van der Waals surface area contributed by atoms with Crippen molar-refractivity contribution >= 4 is 17.9 Å². The quantitative estimate of drug-likeness (QED) is 0.0262. The minimum absolute atomic E-state index is 0.0720. The van der Waals surface area contributed by atoms with Crippen molar-refractivity contribution in [2.75, 3.05) is 13.2 Å². The highest BCUT2D eigenvalue weighted by Crippen LogP contribution is 2.16. The van der Waals surface area contributed by atoms with Crippen molar-refractivity contribution in [2.45, 2.75) is 316 Å². The minimum atomic E-state index is -0.772. The molecule has 0 saturated carbocycles. The fourth-order valence-corrected chi connectivity index (χ4v) is 8.37. The maximum Gasteiger partial charge on any atom is 0.306 e. The van der Waals surface area contributed by atoms with E-state index in [-0.39, 0.29) is 31.1 Å². The summed E-state index contributed by atoms with van der Waals surface area (Å²) in [5.41, 5.74) is 0. The standard InChI is InChI=1S/C58H108O6/c1-4-7-10-13-16-19-22-25-27-29-31-33-36-39-42-45-48-51-57(60)63-54-55(53-62-56(59)50-47-44-41-38-35-32-24-21-18-15-12-9-6-3)64-58(61)52-49-46-43-40-37-34-30-28-26-23-20-17-14-11-8-5-2/h21,24-25,27,55H,4-20,22-23,26,28-54H2,1-3H3/b24-21-,27-25-/t55-/m1/s1. The Morgan fingerprint density at radius 2 is 0.516 bits per heavy atom. The van der Waals surface area contributed by atoms with Crippen LogP contribution >= 0.6 is 0 Å². The molecule has 376 valence electrons. The molecule has 0 aliphatic rings. The maximum atomic E-state index is 12.8. The SMILES string of the molecule is CCCCCC/C=C\CCCCCCCC(=O)OC[C@H](COC(=O)CCCCCCCCC/C=C\CCCCCCCC)OC(=O)CCCCCCCCCCCCCCCCCC. The second kappa shape index (κ2) is 53.5. The molecule has 0 rings (SSSR count). The Morgan fingerprint density at radius 3 is 0.797 bits per heavy atom. The molecule has 0 radical (unpaired) electrons. The first-order valence-corrected chi connectivity index (χ1v) is 28.3. The third kappa shape index (κ3) is 50.9. The van der Waals surface area contributed by atoms with E-state index >= 15 is 0 Å². The molecule has 0 unspecified atom stereocenters. The van der Waals surface area contributed by atoms with Gasteiger partial charge in [-0.25, -0.2) is 0 Å². The monoisotopic (exact) mass is 901 g/mol. The van der Waals surface area contributed by atoms with Gasteiger partial charge in [0, 0.05) is 19.3 Å². The maximum absolute atomic E-state index is 12.8. The van der Waals surface area contributed by atoms with Gasteiger partial charge in [-0.3, -0.25) is 14.4 Å². The van der Waals surface area contributed by atoms with Crippen molar-refractivity contribution in [1.29, 1.82) is 0 Å². The highest BCUT2D eigenvalue weighted by molar-refractivity contribution is 5.71. The van der Waals surface area contributed by atoms with Gasteiger partial charge in [0.2, 0.25) is 0 Å². The van der Waals surface area contributed by atoms with Crippen LogP contribution in [-0.4, -0.2) is 37.2 Å². The lowest BCUT2D eigenvalue weighted by Crippen LogP contribution is -2.30. The van der Waals surface area contributed by atoms with Crippen LogP contribution in [0.3, 0.4) is 0 Å². The summed E-state index contributed by atoms with van der Waals surface area (Å²) >= 11 is 0. The number of rotatable bonds is 52. The molecule has 6 heteroatoms. The van der Waals surface area contributed by atoms with Gasteiger partial charge in [-0.05, 0) is 70.6 Å². The van der Waals surface area contributed by atoms with Crippen molar-refractivity contribution in [3.05, 3.63) is 24.3 Å². The number of ether oxygens (including phenoxy) is 3. The molecule has 0 aliphatic carbocycles. The van der Waals surface area contributed by atoms with Crippen LogP contribution in [0.2, 0.25) is 0 Å². The molecule has 64 heavy (non-hydrogen) atoms. The molecule has 6 nitrogen and oxygen atoms in total. The number of allylic oxidation sites excluding steroid dienone is 4. The molecule has 0 aromatic carbocycles. The number of carbonyl (C=O) groups excluding carboxylic acids is 3. The normalized spacial score (nSPS) is 12.1. The van der Waals surface area contributed by atoms with E-state index in [9.17, 15) is 14.4 Å². The van der Waals surface area contributed by atoms with Crippen LogP contribution < -0.4 is 0 Å². The van der Waals surface area contributed by atoms with E-state index in [1.54, 1.807) is 0 Å². The Balaban J connectivity index is 4.34. The van der Waals surface area contributed by atoms with Gasteiger partial charge >= 0.3 is 17.9 Å². The number of hydrogen-bond acceptors (Lipinski definition) is 6. The van der Waals surface area contributed by atoms with Crippen molar-refractivity contribution in [3.8, 4) is 0 Å². The summed E-state index contributed by atoms with van der Waals surface area (Å²) in [5.74, 6) is -0.866. The fraction of sp³-hybridized carbons (Fsp3) is 0.879. The average Bonchev–Trinajstić information content (AvgIpc) is 3.29. The van der Waals surface area contributed by atoms with Crippen LogP contribution in [0.25, 0.3) is 0 Å². The van der Waals surface area contributed by atoms with Crippen LogP contribution in [0, 0.1) is 0 Å². The minimum Gasteiger partial charge on any atom is -0.462 e. The van der Waals surface area contributed by atoms with Gasteiger partial charge in [-0.15, -0.1) is 0 Å². The number of hydrogen-bond donors (Lipinski definition) is 0. The van der Waals surface area contributed by atoms with Gasteiger partial charge in [-0.2, -0.15) is 0 Å². The molecule has 0 heterocycles. The Morgan fingerprint density at radius 1 is 0.297 bits per heavy atom. The lowest BCUT2D eigenvalue weighted by Gasteiger charge is -2.18. The second-order valence-electron chi connectivity index (χ2n) is 19.2. The Bertz CT molecular complexity index is 1040. The number of esters is 3. The van der Waals surface area contributed by atoms with Gasteiger partial charge in [-0.1, -0.05) is 244 Å². The van der Waals surface area contributed by atoms with Gasteiger partial charge < -0.3 is 14.2 Å². The summed E-state index contributed by atoms with van der Waals surface area (Å²) in [6.07, 6.45) is 61.6. The van der Waals surface area contributed by atoms with Gasteiger partial charge in [0.05, 0.1) is 0 Å². The molecule has 0 spiro atoms. The van der Waals surface area contributed by atoms with E-state index in [1.807, 2.05) is 0 Å². The largest absolute Gasteiger partial charge is 0.462 e. The Hall–Kier alpha value is -2.11. The molecule has 0 aromatic heterocycles. The van der Waals surface area contributed by atoms with Crippen LogP contribution in [-0.2, 0) is 28.6 Å². The molecular weight excluding hydrogens is 793 g/mol. The van der Waals surface area contributed by atoms with Gasteiger partial charge in [0.15, 0.2) is 6.10 Å². The van der Waals surface area contributed by atoms with Gasteiger partial charge in [0.25, 0.3) is 0 Å². The van der Waals surface area contributed by atoms with E-state index in [0.717, 1.165) is 64.2 Å². The van der Waals surface area contributed by atoms with Crippen molar-refractivity contribution in [2.24, 2.45) is 0 Å². The van der Waals surface area contributed by atoms with Gasteiger partial charge in [0.1, 0.15) is 13.2 Å². The molecule has 1 atom stereocenters. The average molecular weight is 901 g/mol. The van der Waals surface area contributed by atoms with Crippen molar-refractivity contribution in [3.63, 3.8) is 0 Å². The lowest BCUT2D eigenvalue weighted by atomic mass is 10.0. The smallest absolute Gasteiger partial charge is 0.306 e. The van der Waals surface area contributed by atoms with E-state index in [2.05, 4.69) is 45.1 Å². The molecule has 0 aromatic rings. The number of unbranched alkanes of at least 4 members (excludes halogenated alkanes) is 37. The zero-order chi connectivity index (χ0) is 46.5. The summed E-state index contributed by atoms with van der Waals surface area (Å²) in [6, 6.07) is 0. The van der Waals surface area contributed by atoms with Crippen molar-refractivity contribution in [1.82, 2.24) is 0 Å². The first kappa shape index (κ1) is 61.9. The summed E-state index contributed by atoms with van der Waals surface area (Å²) in [4.78, 5) is 38.1. The Labute approximate surface area is 398 Å². The molecule has 0 fully saturated rings. The molecule has 0 aliphatic heterocycles. The van der Waals surface area contributed by atoms with Crippen LogP contribution in [0.15, 0.2) is 24.3 Å². The molecular formula is C58H108O6. The molecule has 0 saturated heterocycles. The third-order valence-corrected chi connectivity index (χ3v) is 12.7. The lowest BCUT2D eigenvalue weighted by molar-refractivity contribution is -0.167. The van der Waals surface area contributed by atoms with Crippen molar-refractivity contribution < 1.29 is 28.6 Å². The summed E-state index contributed by atoms with van der Waals surface area (Å²) in [5, 5.41) is 0. The van der Waals surface area contributed by atoms with E-state index < -0.39 is 6.10 Å². The van der Waals surface area contributed by atoms with E-state index in [0.29, 0.717) is 19.3 Å². The summed E-state index contributed by atoms with van der Waals surface area (Å²) in [6.45, 7) is 6.65.